The fourth-order valence-corrected chi connectivity index (χ4v) is 4.31. The van der Waals surface area contributed by atoms with E-state index in [9.17, 15) is 16.8 Å². The van der Waals surface area contributed by atoms with Crippen LogP contribution in [0.25, 0.3) is 0 Å². The number of hydrogen-bond donors (Lipinski definition) is 0. The monoisotopic (exact) mass is 348 g/mol. The number of rotatable bonds is 9. The first-order valence-electron chi connectivity index (χ1n) is 7.00. The SMILES string of the molecule is CN(C)CCN(c1ccccc1)S(=O)(=O)CCCS(C)(=O)=O. The minimum Gasteiger partial charge on any atom is -0.308 e. The predicted molar refractivity (Wildman–Crippen MR) is 90.5 cm³/mol. The molecule has 1 rings (SSSR count). The van der Waals surface area contributed by atoms with E-state index < -0.39 is 19.9 Å². The summed E-state index contributed by atoms with van der Waals surface area (Å²) in [6.07, 6.45) is 1.22. The van der Waals surface area contributed by atoms with Crippen molar-refractivity contribution in [2.45, 2.75) is 6.42 Å². The van der Waals surface area contributed by atoms with Crippen molar-refractivity contribution >= 4 is 25.5 Å². The summed E-state index contributed by atoms with van der Waals surface area (Å²) in [4.78, 5) is 1.90. The molecule has 126 valence electrons. The molecular formula is C14H24N2O4S2. The van der Waals surface area contributed by atoms with Crippen molar-refractivity contribution < 1.29 is 16.8 Å². The summed E-state index contributed by atoms with van der Waals surface area (Å²) in [5, 5.41) is 0. The van der Waals surface area contributed by atoms with E-state index in [0.717, 1.165) is 6.26 Å². The summed E-state index contributed by atoms with van der Waals surface area (Å²) in [6, 6.07) is 8.87. The van der Waals surface area contributed by atoms with Crippen LogP contribution in [0, 0.1) is 0 Å². The molecule has 0 atom stereocenters. The Bertz CT molecular complexity index is 655. The van der Waals surface area contributed by atoms with E-state index in [2.05, 4.69) is 0 Å². The Labute approximate surface area is 133 Å². The van der Waals surface area contributed by atoms with E-state index in [1.54, 1.807) is 24.3 Å². The molecule has 0 saturated carbocycles. The molecule has 0 aromatic heterocycles. The Hall–Kier alpha value is -1.12. The number of sulfonamides is 1. The highest BCUT2D eigenvalue weighted by Gasteiger charge is 2.22. The van der Waals surface area contributed by atoms with Crippen LogP contribution in [0.1, 0.15) is 6.42 Å². The maximum absolute atomic E-state index is 12.5. The van der Waals surface area contributed by atoms with Gasteiger partial charge in [0, 0.05) is 19.3 Å². The highest BCUT2D eigenvalue weighted by Crippen LogP contribution is 2.18. The second kappa shape index (κ2) is 7.94. The fraction of sp³-hybridized carbons (Fsp3) is 0.571. The van der Waals surface area contributed by atoms with Gasteiger partial charge < -0.3 is 4.90 Å². The maximum atomic E-state index is 12.5. The van der Waals surface area contributed by atoms with Crippen LogP contribution >= 0.6 is 0 Å². The molecule has 0 saturated heterocycles. The number of hydrogen-bond acceptors (Lipinski definition) is 5. The third-order valence-electron chi connectivity index (χ3n) is 3.05. The largest absolute Gasteiger partial charge is 0.308 e. The highest BCUT2D eigenvalue weighted by molar-refractivity contribution is 7.93. The van der Waals surface area contributed by atoms with Gasteiger partial charge >= 0.3 is 0 Å². The first-order valence-corrected chi connectivity index (χ1v) is 10.7. The van der Waals surface area contributed by atoms with E-state index in [1.807, 2.05) is 25.1 Å². The van der Waals surface area contributed by atoms with E-state index in [-0.39, 0.29) is 17.9 Å². The van der Waals surface area contributed by atoms with Crippen molar-refractivity contribution in [2.75, 3.05) is 49.3 Å². The fourth-order valence-electron chi connectivity index (χ4n) is 1.93. The first kappa shape index (κ1) is 18.9. The Balaban J connectivity index is 2.89. The molecule has 0 radical (unpaired) electrons. The summed E-state index contributed by atoms with van der Waals surface area (Å²) in [5.41, 5.74) is 0.601. The summed E-state index contributed by atoms with van der Waals surface area (Å²) in [7, 11) is -2.96. The summed E-state index contributed by atoms with van der Waals surface area (Å²) >= 11 is 0. The second-order valence-corrected chi connectivity index (χ2v) is 9.78. The lowest BCUT2D eigenvalue weighted by atomic mass is 10.3. The summed E-state index contributed by atoms with van der Waals surface area (Å²) in [6.45, 7) is 0.915. The van der Waals surface area contributed by atoms with E-state index in [4.69, 9.17) is 0 Å². The lowest BCUT2D eigenvalue weighted by Crippen LogP contribution is -2.38. The van der Waals surface area contributed by atoms with Gasteiger partial charge in [-0.05, 0) is 32.6 Å². The molecule has 0 amide bonds. The zero-order valence-electron chi connectivity index (χ0n) is 13.3. The van der Waals surface area contributed by atoms with Gasteiger partial charge in [0.15, 0.2) is 0 Å². The van der Waals surface area contributed by atoms with E-state index in [0.29, 0.717) is 18.8 Å². The average molecular weight is 348 g/mol. The molecular weight excluding hydrogens is 324 g/mol. The van der Waals surface area contributed by atoms with Crippen molar-refractivity contribution in [3.63, 3.8) is 0 Å². The molecule has 0 aliphatic heterocycles. The quantitative estimate of drug-likeness (QED) is 0.660. The van der Waals surface area contributed by atoms with Crippen LogP contribution in [0.5, 0.6) is 0 Å². The highest BCUT2D eigenvalue weighted by atomic mass is 32.2. The van der Waals surface area contributed by atoms with Crippen LogP contribution in [0.4, 0.5) is 5.69 Å². The minimum atomic E-state index is -3.55. The maximum Gasteiger partial charge on any atom is 0.235 e. The number of anilines is 1. The second-order valence-electron chi connectivity index (χ2n) is 5.51. The molecule has 0 spiro atoms. The molecule has 1 aromatic rings. The van der Waals surface area contributed by atoms with Gasteiger partial charge in [-0.15, -0.1) is 0 Å². The molecule has 8 heteroatoms. The topological polar surface area (TPSA) is 74.8 Å². The molecule has 0 fully saturated rings. The Morgan fingerprint density at radius 3 is 2.00 bits per heavy atom. The number of sulfone groups is 1. The summed E-state index contributed by atoms with van der Waals surface area (Å²) in [5.74, 6) is -0.301. The minimum absolute atomic E-state index is 0.104. The van der Waals surface area contributed by atoms with Gasteiger partial charge in [0.2, 0.25) is 10.0 Å². The van der Waals surface area contributed by atoms with Crippen LogP contribution in [0.3, 0.4) is 0 Å². The normalized spacial score (nSPS) is 12.5. The average Bonchev–Trinajstić information content (AvgIpc) is 2.37. The molecule has 0 heterocycles. The smallest absolute Gasteiger partial charge is 0.235 e. The molecule has 0 aliphatic carbocycles. The van der Waals surface area contributed by atoms with Gasteiger partial charge in [0.25, 0.3) is 0 Å². The van der Waals surface area contributed by atoms with Crippen LogP contribution in [-0.4, -0.2) is 66.7 Å². The van der Waals surface area contributed by atoms with Gasteiger partial charge in [0.05, 0.1) is 17.2 Å². The van der Waals surface area contributed by atoms with Crippen molar-refractivity contribution in [3.8, 4) is 0 Å². The van der Waals surface area contributed by atoms with Gasteiger partial charge in [-0.2, -0.15) is 0 Å². The number of likely N-dealkylation sites (N-methyl/N-ethyl adjacent to an activating group) is 1. The molecule has 1 aromatic carbocycles. The number of nitrogens with zero attached hydrogens (tertiary/aromatic N) is 2. The third-order valence-corrected chi connectivity index (χ3v) is 5.95. The van der Waals surface area contributed by atoms with Gasteiger partial charge in [-0.3, -0.25) is 4.31 Å². The molecule has 0 bridgehead atoms. The standard InChI is InChI=1S/C14H24N2O4S2/c1-15(2)10-11-16(14-8-5-4-6-9-14)22(19,20)13-7-12-21(3,17)18/h4-6,8-9H,7,10-13H2,1-3H3. The van der Waals surface area contributed by atoms with E-state index >= 15 is 0 Å². The number of para-hydroxylation sites is 1. The van der Waals surface area contributed by atoms with Gasteiger partial charge in [0.1, 0.15) is 9.84 Å². The van der Waals surface area contributed by atoms with Crippen molar-refractivity contribution in [1.29, 1.82) is 0 Å². The molecule has 22 heavy (non-hydrogen) atoms. The molecule has 0 N–H and O–H groups in total. The van der Waals surface area contributed by atoms with Gasteiger partial charge in [-0.1, -0.05) is 18.2 Å². The first-order chi connectivity index (χ1) is 10.1. The summed E-state index contributed by atoms with van der Waals surface area (Å²) < 4.78 is 48.8. The number of benzene rings is 1. The van der Waals surface area contributed by atoms with Crippen molar-refractivity contribution in [2.24, 2.45) is 0 Å². The zero-order chi connectivity index (χ0) is 16.8. The van der Waals surface area contributed by atoms with Gasteiger partial charge in [-0.25, -0.2) is 16.8 Å². The Kier molecular flexibility index (Phi) is 6.83. The van der Waals surface area contributed by atoms with Crippen molar-refractivity contribution in [3.05, 3.63) is 30.3 Å². The molecule has 0 unspecified atom stereocenters. The zero-order valence-corrected chi connectivity index (χ0v) is 14.9. The Morgan fingerprint density at radius 1 is 0.909 bits per heavy atom. The van der Waals surface area contributed by atoms with E-state index in [1.165, 1.54) is 4.31 Å². The third kappa shape index (κ3) is 6.76. The van der Waals surface area contributed by atoms with Crippen LogP contribution in [-0.2, 0) is 19.9 Å². The van der Waals surface area contributed by atoms with Crippen LogP contribution in [0.2, 0.25) is 0 Å². The lowest BCUT2D eigenvalue weighted by Gasteiger charge is -2.26. The van der Waals surface area contributed by atoms with Crippen molar-refractivity contribution in [1.82, 2.24) is 4.90 Å². The molecule has 0 aliphatic rings. The lowest BCUT2D eigenvalue weighted by molar-refractivity contribution is 0.419. The van der Waals surface area contributed by atoms with Crippen LogP contribution < -0.4 is 4.31 Å². The molecule has 6 nitrogen and oxygen atoms in total. The predicted octanol–water partition coefficient (Wildman–Crippen LogP) is 0.819. The Morgan fingerprint density at radius 2 is 1.50 bits per heavy atom. The van der Waals surface area contributed by atoms with Crippen LogP contribution in [0.15, 0.2) is 30.3 Å².